The summed E-state index contributed by atoms with van der Waals surface area (Å²) >= 11 is 0. The highest BCUT2D eigenvalue weighted by molar-refractivity contribution is 5.80. The molecule has 0 unspecified atom stereocenters. The van der Waals surface area contributed by atoms with E-state index in [1.54, 1.807) is 0 Å². The van der Waals surface area contributed by atoms with Crippen molar-refractivity contribution in [2.75, 3.05) is 53.0 Å². The van der Waals surface area contributed by atoms with Crippen molar-refractivity contribution in [3.63, 3.8) is 0 Å². The first-order chi connectivity index (χ1) is 14.5. The summed E-state index contributed by atoms with van der Waals surface area (Å²) in [5.41, 5.74) is 1.54. The summed E-state index contributed by atoms with van der Waals surface area (Å²) in [6.07, 6.45) is 3.45. The molecule has 0 aliphatic carbocycles. The number of likely N-dealkylation sites (N-methyl/N-ethyl adjacent to an activating group) is 1. The van der Waals surface area contributed by atoms with Gasteiger partial charge in [0.25, 0.3) is 0 Å². The molecule has 2 aliphatic heterocycles. The molecule has 2 heterocycles. The lowest BCUT2D eigenvalue weighted by molar-refractivity contribution is 0.0392. The minimum absolute atomic E-state index is 0.363. The molecule has 0 radical (unpaired) electrons. The van der Waals surface area contributed by atoms with Gasteiger partial charge < -0.3 is 19.7 Å². The molecular formula is C24H40N4O2. The number of nitrogens with one attached hydrogen (secondary N) is 1. The molecule has 0 bridgehead atoms. The number of nitrogens with zero attached hydrogens (tertiary/aromatic N) is 3. The number of aliphatic imine (C=N–C) groups is 1. The highest BCUT2D eigenvalue weighted by Crippen LogP contribution is 2.28. The second-order valence-electron chi connectivity index (χ2n) is 9.33. The largest absolute Gasteiger partial charge is 0.492 e. The molecule has 2 aliphatic rings. The second-order valence-corrected chi connectivity index (χ2v) is 9.33. The van der Waals surface area contributed by atoms with Crippen molar-refractivity contribution in [3.05, 3.63) is 29.8 Å². The van der Waals surface area contributed by atoms with Gasteiger partial charge in [-0.25, -0.2) is 4.99 Å². The van der Waals surface area contributed by atoms with E-state index in [4.69, 9.17) is 14.5 Å². The Hall–Kier alpha value is -1.79. The van der Waals surface area contributed by atoms with Crippen LogP contribution < -0.4 is 10.1 Å². The van der Waals surface area contributed by atoms with Gasteiger partial charge in [0.1, 0.15) is 12.4 Å². The standard InChI is InChI=1S/C24H40N4O2/c1-5-25-23(28-12-11-24(2,3)19-28)26-18-20-7-6-8-22(17-20)30-16-13-27(4)21-9-14-29-15-10-21/h6-8,17,21H,5,9-16,18-19H2,1-4H3,(H,25,26). The summed E-state index contributed by atoms with van der Waals surface area (Å²) in [6.45, 7) is 13.9. The molecule has 6 heteroatoms. The van der Waals surface area contributed by atoms with E-state index in [1.165, 1.54) is 12.0 Å². The molecular weight excluding hydrogens is 376 g/mol. The third-order valence-electron chi connectivity index (χ3n) is 6.15. The van der Waals surface area contributed by atoms with Gasteiger partial charge in [0.15, 0.2) is 5.96 Å². The number of guanidine groups is 1. The highest BCUT2D eigenvalue weighted by Gasteiger charge is 2.30. The van der Waals surface area contributed by atoms with Crippen LogP contribution >= 0.6 is 0 Å². The molecule has 3 rings (SSSR count). The van der Waals surface area contributed by atoms with Gasteiger partial charge in [0.05, 0.1) is 6.54 Å². The molecule has 30 heavy (non-hydrogen) atoms. The van der Waals surface area contributed by atoms with E-state index in [0.717, 1.165) is 63.9 Å². The minimum Gasteiger partial charge on any atom is -0.492 e. The lowest BCUT2D eigenvalue weighted by Gasteiger charge is -2.31. The Balaban J connectivity index is 1.50. The Morgan fingerprint density at radius 3 is 2.83 bits per heavy atom. The summed E-state index contributed by atoms with van der Waals surface area (Å²) in [5, 5.41) is 3.46. The molecule has 0 aromatic heterocycles. The van der Waals surface area contributed by atoms with Crippen LogP contribution in [-0.4, -0.2) is 74.8 Å². The van der Waals surface area contributed by atoms with E-state index >= 15 is 0 Å². The van der Waals surface area contributed by atoms with Crippen LogP contribution in [0, 0.1) is 5.41 Å². The van der Waals surface area contributed by atoms with E-state index in [0.29, 0.717) is 24.6 Å². The van der Waals surface area contributed by atoms with E-state index in [-0.39, 0.29) is 0 Å². The molecule has 6 nitrogen and oxygen atoms in total. The highest BCUT2D eigenvalue weighted by atomic mass is 16.5. The van der Waals surface area contributed by atoms with Gasteiger partial charge in [-0.2, -0.15) is 0 Å². The van der Waals surface area contributed by atoms with Crippen LogP contribution in [0.4, 0.5) is 0 Å². The van der Waals surface area contributed by atoms with Crippen LogP contribution in [0.15, 0.2) is 29.3 Å². The van der Waals surface area contributed by atoms with Crippen LogP contribution in [0.3, 0.4) is 0 Å². The monoisotopic (exact) mass is 416 g/mol. The van der Waals surface area contributed by atoms with Gasteiger partial charge in [-0.05, 0) is 56.3 Å². The number of rotatable bonds is 8. The topological polar surface area (TPSA) is 49.3 Å². The Labute approximate surface area is 182 Å². The van der Waals surface area contributed by atoms with E-state index in [9.17, 15) is 0 Å². The zero-order valence-corrected chi connectivity index (χ0v) is 19.3. The maximum atomic E-state index is 6.04. The summed E-state index contributed by atoms with van der Waals surface area (Å²) in [6, 6.07) is 8.96. The molecule has 1 N–H and O–H groups in total. The number of benzene rings is 1. The predicted molar refractivity (Wildman–Crippen MR) is 123 cm³/mol. The predicted octanol–water partition coefficient (Wildman–Crippen LogP) is 3.37. The Kier molecular flexibility index (Phi) is 8.40. The van der Waals surface area contributed by atoms with Crippen LogP contribution in [0.5, 0.6) is 5.75 Å². The average Bonchev–Trinajstić information content (AvgIpc) is 3.11. The summed E-state index contributed by atoms with van der Waals surface area (Å²) in [7, 11) is 2.19. The Morgan fingerprint density at radius 2 is 2.13 bits per heavy atom. The molecule has 1 aromatic carbocycles. The minimum atomic E-state index is 0.363. The lowest BCUT2D eigenvalue weighted by Crippen LogP contribution is -2.40. The van der Waals surface area contributed by atoms with Crippen molar-refractivity contribution in [1.82, 2.24) is 15.1 Å². The van der Waals surface area contributed by atoms with Gasteiger partial charge in [-0.1, -0.05) is 26.0 Å². The summed E-state index contributed by atoms with van der Waals surface area (Å²) < 4.78 is 11.5. The molecule has 0 saturated carbocycles. The Morgan fingerprint density at radius 1 is 1.33 bits per heavy atom. The molecule has 2 saturated heterocycles. The van der Waals surface area contributed by atoms with Crippen molar-refractivity contribution in [3.8, 4) is 5.75 Å². The fraction of sp³-hybridized carbons (Fsp3) is 0.708. The van der Waals surface area contributed by atoms with Crippen LogP contribution in [-0.2, 0) is 11.3 Å². The molecule has 1 aromatic rings. The van der Waals surface area contributed by atoms with Crippen molar-refractivity contribution >= 4 is 5.96 Å². The summed E-state index contributed by atoms with van der Waals surface area (Å²) in [5.74, 6) is 1.95. The smallest absolute Gasteiger partial charge is 0.194 e. The first-order valence-corrected chi connectivity index (χ1v) is 11.5. The zero-order chi connectivity index (χ0) is 21.4. The molecule has 0 spiro atoms. The van der Waals surface area contributed by atoms with Gasteiger partial charge in [0.2, 0.25) is 0 Å². The third-order valence-corrected chi connectivity index (χ3v) is 6.15. The molecule has 0 amide bonds. The first-order valence-electron chi connectivity index (χ1n) is 11.5. The zero-order valence-electron chi connectivity index (χ0n) is 19.3. The number of hydrogen-bond acceptors (Lipinski definition) is 4. The number of likely N-dealkylation sites (tertiary alicyclic amines) is 1. The van der Waals surface area contributed by atoms with Crippen molar-refractivity contribution in [2.24, 2.45) is 10.4 Å². The second kappa shape index (κ2) is 11.0. The molecule has 2 fully saturated rings. The summed E-state index contributed by atoms with van der Waals surface area (Å²) in [4.78, 5) is 9.68. The van der Waals surface area contributed by atoms with E-state index < -0.39 is 0 Å². The van der Waals surface area contributed by atoms with Crippen LogP contribution in [0.2, 0.25) is 0 Å². The van der Waals surface area contributed by atoms with E-state index in [1.807, 2.05) is 6.07 Å². The number of ether oxygens (including phenoxy) is 2. The maximum Gasteiger partial charge on any atom is 0.194 e. The SMILES string of the molecule is CCNC(=NCc1cccc(OCCN(C)C2CCOCC2)c1)N1CCC(C)(C)C1. The van der Waals surface area contributed by atoms with Crippen LogP contribution in [0.1, 0.15) is 45.6 Å². The quantitative estimate of drug-likeness (QED) is 0.520. The van der Waals surface area contributed by atoms with Crippen molar-refractivity contribution in [1.29, 1.82) is 0 Å². The average molecular weight is 417 g/mol. The number of hydrogen-bond donors (Lipinski definition) is 1. The Bertz CT molecular complexity index is 686. The molecule has 168 valence electrons. The normalized spacial score (nSPS) is 20.0. The fourth-order valence-corrected chi connectivity index (χ4v) is 4.23. The van der Waals surface area contributed by atoms with Gasteiger partial charge in [-0.15, -0.1) is 0 Å². The first kappa shape index (κ1) is 22.9. The molecule has 0 atom stereocenters. The maximum absolute atomic E-state index is 6.04. The third kappa shape index (κ3) is 6.88. The van der Waals surface area contributed by atoms with Crippen LogP contribution in [0.25, 0.3) is 0 Å². The van der Waals surface area contributed by atoms with Crippen molar-refractivity contribution in [2.45, 2.75) is 52.6 Å². The van der Waals surface area contributed by atoms with E-state index in [2.05, 4.69) is 61.1 Å². The van der Waals surface area contributed by atoms with Gasteiger partial charge in [-0.3, -0.25) is 4.90 Å². The lowest BCUT2D eigenvalue weighted by atomic mass is 9.93. The van der Waals surface area contributed by atoms with Gasteiger partial charge in [0, 0.05) is 45.4 Å². The van der Waals surface area contributed by atoms with Crippen molar-refractivity contribution < 1.29 is 9.47 Å². The fourth-order valence-electron chi connectivity index (χ4n) is 4.23. The van der Waals surface area contributed by atoms with Gasteiger partial charge >= 0.3 is 0 Å².